The van der Waals surface area contributed by atoms with E-state index in [4.69, 9.17) is 14.2 Å². The van der Waals surface area contributed by atoms with Gasteiger partial charge in [-0.15, -0.1) is 0 Å². The van der Waals surface area contributed by atoms with Gasteiger partial charge < -0.3 is 14.2 Å². The average molecular weight is 1080 g/mol. The molecular weight excluding hydrogens is 961 g/mol. The lowest BCUT2D eigenvalue weighted by molar-refractivity contribution is -0.167. The highest BCUT2D eigenvalue weighted by atomic mass is 16.6. The minimum Gasteiger partial charge on any atom is -0.462 e. The minimum absolute atomic E-state index is 0.0852. The van der Waals surface area contributed by atoms with Crippen LogP contribution in [-0.2, 0) is 28.6 Å². The van der Waals surface area contributed by atoms with E-state index in [1.807, 2.05) is 0 Å². The zero-order valence-corrected chi connectivity index (χ0v) is 51.2. The van der Waals surface area contributed by atoms with E-state index in [2.05, 4.69) is 130 Å². The maximum absolute atomic E-state index is 12.9. The Hall–Kier alpha value is -3.93. The van der Waals surface area contributed by atoms with Gasteiger partial charge in [-0.2, -0.15) is 0 Å². The summed E-state index contributed by atoms with van der Waals surface area (Å²) in [6.07, 6.45) is 89.6. The predicted molar refractivity (Wildman–Crippen MR) is 339 cm³/mol. The number of hydrogen-bond acceptors (Lipinski definition) is 6. The van der Waals surface area contributed by atoms with Crippen LogP contribution in [0, 0.1) is 0 Å². The summed E-state index contributed by atoms with van der Waals surface area (Å²) >= 11 is 0. The van der Waals surface area contributed by atoms with E-state index < -0.39 is 6.10 Å². The van der Waals surface area contributed by atoms with Crippen molar-refractivity contribution in [1.29, 1.82) is 0 Å². The van der Waals surface area contributed by atoms with Gasteiger partial charge in [0, 0.05) is 19.3 Å². The first-order valence-corrected chi connectivity index (χ1v) is 32.9. The van der Waals surface area contributed by atoms with Crippen LogP contribution in [-0.4, -0.2) is 37.2 Å². The van der Waals surface area contributed by atoms with E-state index >= 15 is 0 Å². The number of carbonyl (C=O) groups is 3. The Labute approximate surface area is 482 Å². The summed E-state index contributed by atoms with van der Waals surface area (Å²) < 4.78 is 16.9. The Kier molecular flexibility index (Phi) is 62.3. The van der Waals surface area contributed by atoms with Gasteiger partial charge in [-0.25, -0.2) is 0 Å². The Bertz CT molecular complexity index is 1570. The van der Waals surface area contributed by atoms with E-state index in [0.29, 0.717) is 19.3 Å². The van der Waals surface area contributed by atoms with Crippen LogP contribution in [0.1, 0.15) is 310 Å². The summed E-state index contributed by atoms with van der Waals surface area (Å²) in [7, 11) is 0. The molecular formula is C72H122O6. The zero-order chi connectivity index (χ0) is 56.4. The molecule has 6 heteroatoms. The molecule has 446 valence electrons. The smallest absolute Gasteiger partial charge is 0.306 e. The maximum atomic E-state index is 12.9. The van der Waals surface area contributed by atoms with E-state index in [0.717, 1.165) is 128 Å². The minimum atomic E-state index is -0.789. The third-order valence-corrected chi connectivity index (χ3v) is 14.0. The summed E-state index contributed by atoms with van der Waals surface area (Å²) in [6.45, 7) is 6.47. The molecule has 0 saturated carbocycles. The highest BCUT2D eigenvalue weighted by Gasteiger charge is 2.19. The molecule has 0 aromatic heterocycles. The summed E-state index contributed by atoms with van der Waals surface area (Å²) in [5.74, 6) is -0.901. The van der Waals surface area contributed by atoms with Gasteiger partial charge >= 0.3 is 17.9 Å². The monoisotopic (exact) mass is 1080 g/mol. The van der Waals surface area contributed by atoms with E-state index in [1.165, 1.54) is 141 Å². The Morgan fingerprint density at radius 2 is 0.513 bits per heavy atom. The van der Waals surface area contributed by atoms with Crippen molar-refractivity contribution in [3.8, 4) is 0 Å². The maximum Gasteiger partial charge on any atom is 0.306 e. The quantitative estimate of drug-likeness (QED) is 0.0261. The number of hydrogen-bond donors (Lipinski definition) is 0. The van der Waals surface area contributed by atoms with Crippen LogP contribution in [0.3, 0.4) is 0 Å². The van der Waals surface area contributed by atoms with Crippen molar-refractivity contribution in [3.05, 3.63) is 109 Å². The van der Waals surface area contributed by atoms with Crippen LogP contribution in [0.5, 0.6) is 0 Å². The van der Waals surface area contributed by atoms with Crippen molar-refractivity contribution in [3.63, 3.8) is 0 Å². The van der Waals surface area contributed by atoms with E-state index in [1.54, 1.807) is 0 Å². The highest BCUT2D eigenvalue weighted by Crippen LogP contribution is 2.16. The van der Waals surface area contributed by atoms with Gasteiger partial charge in [-0.3, -0.25) is 14.4 Å². The molecule has 0 heterocycles. The van der Waals surface area contributed by atoms with Gasteiger partial charge in [-0.1, -0.05) is 278 Å². The van der Waals surface area contributed by atoms with Crippen LogP contribution in [0.15, 0.2) is 109 Å². The SMILES string of the molecule is CC/C=C\C/C=C\C/C=C\C/C=C\C/C=C\C/C=C\CCCCCCCCCCCCCCCCC(=O)OCC(COC(=O)CCCCCCC/C=C\CCCCCC)OC(=O)CCCCCCC/C=C\C/C=C\CCCC. The molecule has 0 N–H and O–H groups in total. The lowest BCUT2D eigenvalue weighted by Gasteiger charge is -2.18. The molecule has 0 saturated heterocycles. The molecule has 6 nitrogen and oxygen atoms in total. The molecule has 0 rings (SSSR count). The molecule has 0 spiro atoms. The van der Waals surface area contributed by atoms with Crippen LogP contribution < -0.4 is 0 Å². The van der Waals surface area contributed by atoms with Crippen molar-refractivity contribution in [1.82, 2.24) is 0 Å². The second-order valence-electron chi connectivity index (χ2n) is 21.6. The van der Waals surface area contributed by atoms with Crippen molar-refractivity contribution < 1.29 is 28.6 Å². The van der Waals surface area contributed by atoms with Crippen LogP contribution >= 0.6 is 0 Å². The van der Waals surface area contributed by atoms with Crippen molar-refractivity contribution >= 4 is 17.9 Å². The van der Waals surface area contributed by atoms with Crippen molar-refractivity contribution in [2.24, 2.45) is 0 Å². The lowest BCUT2D eigenvalue weighted by Crippen LogP contribution is -2.30. The Morgan fingerprint density at radius 3 is 0.833 bits per heavy atom. The highest BCUT2D eigenvalue weighted by molar-refractivity contribution is 5.71. The first kappa shape index (κ1) is 74.1. The lowest BCUT2D eigenvalue weighted by atomic mass is 10.0. The van der Waals surface area contributed by atoms with Crippen LogP contribution in [0.4, 0.5) is 0 Å². The number of ether oxygens (including phenoxy) is 3. The average Bonchev–Trinajstić information content (AvgIpc) is 3.44. The Balaban J connectivity index is 4.18. The predicted octanol–water partition coefficient (Wildman–Crippen LogP) is 22.6. The van der Waals surface area contributed by atoms with Gasteiger partial charge in [0.15, 0.2) is 6.10 Å². The molecule has 0 aliphatic heterocycles. The molecule has 0 amide bonds. The zero-order valence-electron chi connectivity index (χ0n) is 51.2. The van der Waals surface area contributed by atoms with Crippen molar-refractivity contribution in [2.75, 3.05) is 13.2 Å². The molecule has 0 aliphatic rings. The Morgan fingerprint density at radius 1 is 0.269 bits per heavy atom. The summed E-state index contributed by atoms with van der Waals surface area (Å²) in [6, 6.07) is 0. The summed E-state index contributed by atoms with van der Waals surface area (Å²) in [4.78, 5) is 38.2. The molecule has 1 atom stereocenters. The van der Waals surface area contributed by atoms with E-state index in [9.17, 15) is 14.4 Å². The number of carbonyl (C=O) groups excluding carboxylic acids is 3. The number of esters is 3. The molecule has 78 heavy (non-hydrogen) atoms. The number of allylic oxidation sites excluding steroid dienone is 18. The fourth-order valence-corrected chi connectivity index (χ4v) is 9.05. The van der Waals surface area contributed by atoms with Gasteiger partial charge in [-0.05, 0) is 122 Å². The summed E-state index contributed by atoms with van der Waals surface area (Å²) in [5, 5.41) is 0. The number of unbranched alkanes of at least 4 members (excludes halogenated alkanes) is 30. The topological polar surface area (TPSA) is 78.9 Å². The first-order valence-electron chi connectivity index (χ1n) is 32.9. The molecule has 0 bridgehead atoms. The summed E-state index contributed by atoms with van der Waals surface area (Å²) in [5.41, 5.74) is 0. The van der Waals surface area contributed by atoms with Crippen molar-refractivity contribution in [2.45, 2.75) is 316 Å². The van der Waals surface area contributed by atoms with E-state index in [-0.39, 0.29) is 31.1 Å². The third kappa shape index (κ3) is 62.9. The van der Waals surface area contributed by atoms with Gasteiger partial charge in [0.05, 0.1) is 0 Å². The molecule has 0 fully saturated rings. The molecule has 0 aromatic rings. The van der Waals surface area contributed by atoms with Crippen LogP contribution in [0.2, 0.25) is 0 Å². The molecule has 0 aromatic carbocycles. The molecule has 1 unspecified atom stereocenters. The number of rotatable bonds is 59. The van der Waals surface area contributed by atoms with Gasteiger partial charge in [0.2, 0.25) is 0 Å². The molecule has 0 aliphatic carbocycles. The fraction of sp³-hybridized carbons (Fsp3) is 0.708. The second-order valence-corrected chi connectivity index (χ2v) is 21.6. The third-order valence-electron chi connectivity index (χ3n) is 14.0. The standard InChI is InChI=1S/C72H122O6/c1-4-7-10-13-16-19-22-25-27-28-29-30-31-32-33-34-35-36-37-38-39-40-41-42-43-44-45-48-50-53-56-59-62-65-71(74)77-68-69(67-76-70(73)64-61-58-55-52-49-46-24-21-18-15-12-9-6-3)78-72(75)66-63-60-57-54-51-47-26-23-20-17-14-11-8-5-2/h7,10,14,16-17,19,21,23-27,29-30,32-33,35-36,69H,4-6,8-9,11-13,15,18,20,22,28,31,34,37-68H2,1-3H3/b10-7-,17-14-,19-16-,24-21-,26-23-,27-25-,30-29-,33-32-,36-35-. The normalized spacial score (nSPS) is 12.8. The first-order chi connectivity index (χ1) is 38.5. The molecule has 0 radical (unpaired) electrons. The second kappa shape index (κ2) is 65.6. The fourth-order valence-electron chi connectivity index (χ4n) is 9.05. The van der Waals surface area contributed by atoms with Gasteiger partial charge in [0.25, 0.3) is 0 Å². The van der Waals surface area contributed by atoms with Gasteiger partial charge in [0.1, 0.15) is 13.2 Å². The largest absolute Gasteiger partial charge is 0.462 e. The van der Waals surface area contributed by atoms with Crippen LogP contribution in [0.25, 0.3) is 0 Å².